The van der Waals surface area contributed by atoms with Gasteiger partial charge in [-0.2, -0.15) is 8.42 Å². The summed E-state index contributed by atoms with van der Waals surface area (Å²) in [5.74, 6) is 0. The fourth-order valence-electron chi connectivity index (χ4n) is 0. The van der Waals surface area contributed by atoms with Gasteiger partial charge in [-0.1, -0.05) is 0 Å². The molecule has 0 spiro atoms. The van der Waals surface area contributed by atoms with E-state index >= 15 is 0 Å². The summed E-state index contributed by atoms with van der Waals surface area (Å²) in [5, 5.41) is 0. The first kappa shape index (κ1) is 11.3. The third-order valence-corrected chi connectivity index (χ3v) is 0. The van der Waals surface area contributed by atoms with Crippen molar-refractivity contribution in [3.05, 3.63) is 0 Å². The van der Waals surface area contributed by atoms with Crippen LogP contribution in [0.25, 0.3) is 0 Å². The summed E-state index contributed by atoms with van der Waals surface area (Å²) in [6.45, 7) is 0. The van der Waals surface area contributed by atoms with Crippen LogP contribution in [0.15, 0.2) is 0 Å². The number of rotatable bonds is 0. The van der Waals surface area contributed by atoms with Crippen molar-refractivity contribution in [2.24, 2.45) is 0 Å². The first-order chi connectivity index (χ1) is 3.00. The van der Waals surface area contributed by atoms with E-state index in [2.05, 4.69) is 1.02 Å². The Morgan fingerprint density at radius 3 is 1.29 bits per heavy atom. The third-order valence-electron chi connectivity index (χ3n) is 0. The van der Waals surface area contributed by atoms with Crippen molar-refractivity contribution in [1.29, 1.82) is 0 Å². The molecule has 0 bridgehead atoms. The Morgan fingerprint density at radius 1 is 1.29 bits per heavy atom. The number of hydrogen-bond acceptors (Lipinski definition) is 2. The van der Waals surface area contributed by atoms with Crippen LogP contribution in [0.4, 0.5) is 0 Å². The minimum atomic E-state index is -4.67. The van der Waals surface area contributed by atoms with Crippen LogP contribution in [0.2, 0.25) is 1.02 Å². The van der Waals surface area contributed by atoms with Crippen molar-refractivity contribution in [3.63, 3.8) is 0 Å². The zero-order valence-corrected chi connectivity index (χ0v) is 8.06. The van der Waals surface area contributed by atoms with E-state index in [0.29, 0.717) is 0 Å². The van der Waals surface area contributed by atoms with Gasteiger partial charge in [0.2, 0.25) is 0 Å². The topological polar surface area (TPSA) is 74.6 Å². The van der Waals surface area contributed by atoms with Crippen molar-refractivity contribution < 1.29 is 17.5 Å². The van der Waals surface area contributed by atoms with Gasteiger partial charge in [-0.05, 0) is 0 Å². The Kier molecular flexibility index (Phi) is 9.12. The molecule has 0 aliphatic heterocycles. The van der Waals surface area contributed by atoms with Gasteiger partial charge in [0.15, 0.2) is 0 Å². The average Bonchev–Trinajstić information content (AvgIpc) is 1.36. The normalized spacial score (nSPS) is 9.29. The molecular weight excluding hydrogens is 147 g/mol. The molecule has 0 aromatic heterocycles. The third kappa shape index (κ3) is 100. The van der Waals surface area contributed by atoms with Gasteiger partial charge in [0, 0.05) is 0 Å². The molecule has 0 aromatic rings. The van der Waals surface area contributed by atoms with E-state index in [4.69, 9.17) is 17.5 Å². The molecule has 0 heterocycles. The minimum absolute atomic E-state index is 1.06. The van der Waals surface area contributed by atoms with Crippen LogP contribution in [0, 0.1) is 0 Å². The van der Waals surface area contributed by atoms with E-state index in [9.17, 15) is 0 Å². The summed E-state index contributed by atoms with van der Waals surface area (Å²) in [5.41, 5.74) is 0. The van der Waals surface area contributed by atoms with Crippen LogP contribution in [-0.2, 0) is 10.4 Å². The molecule has 0 saturated carbocycles. The van der Waals surface area contributed by atoms with Crippen LogP contribution in [0.3, 0.4) is 0 Å². The van der Waals surface area contributed by atoms with Gasteiger partial charge >= 0.3 is 60.4 Å². The van der Waals surface area contributed by atoms with Gasteiger partial charge < -0.3 is 0 Å². The predicted molar refractivity (Wildman–Crippen MR) is 25.8 cm³/mol. The summed E-state index contributed by atoms with van der Waals surface area (Å²) < 4.78 is 33.8. The van der Waals surface area contributed by atoms with Crippen LogP contribution < -0.4 is 0 Å². The van der Waals surface area contributed by atoms with Gasteiger partial charge in [-0.3, -0.25) is 9.11 Å². The van der Waals surface area contributed by atoms with Gasteiger partial charge in [0.25, 0.3) is 0 Å². The van der Waals surface area contributed by atoms with Crippen molar-refractivity contribution >= 4 is 59.4 Å². The Balaban J connectivity index is 0. The van der Waals surface area contributed by atoms with Gasteiger partial charge in [-0.15, -0.1) is 0 Å². The zero-order valence-electron chi connectivity index (χ0n) is 4.12. The Morgan fingerprint density at radius 2 is 1.29 bits per heavy atom. The standard InChI is InChI=1S/CH3.K.H2O4S/c;;1-5(2,3)4/h1H3;;(H2,1,2,3,4). The Labute approximate surface area is 76.5 Å². The van der Waals surface area contributed by atoms with E-state index < -0.39 is 10.4 Å². The van der Waals surface area contributed by atoms with Crippen LogP contribution >= 0.6 is 0 Å². The molecule has 6 heteroatoms. The second-order valence-electron chi connectivity index (χ2n) is 0.448. The first-order valence-corrected chi connectivity index (χ1v) is 6.22. The fourth-order valence-corrected chi connectivity index (χ4v) is 0. The van der Waals surface area contributed by atoms with E-state index in [0.717, 1.165) is 49.0 Å². The van der Waals surface area contributed by atoms with Crippen LogP contribution in [0.1, 0.15) is 0 Å². The summed E-state index contributed by atoms with van der Waals surface area (Å²) in [4.78, 5) is 0. The van der Waals surface area contributed by atoms with E-state index in [1.54, 1.807) is 0 Å². The molecule has 0 radical (unpaired) electrons. The average molecular weight is 152 g/mol. The molecule has 0 amide bonds. The van der Waals surface area contributed by atoms with Gasteiger partial charge in [-0.25, -0.2) is 0 Å². The van der Waals surface area contributed by atoms with Crippen molar-refractivity contribution in [1.82, 2.24) is 0 Å². The zero-order chi connectivity index (χ0) is 6.50. The molecule has 0 fully saturated rings. The quantitative estimate of drug-likeness (QED) is 0.364. The molecule has 0 aliphatic rings. The first-order valence-electron chi connectivity index (χ1n) is 1.70. The van der Waals surface area contributed by atoms with Crippen molar-refractivity contribution in [2.75, 3.05) is 0 Å². The summed E-state index contributed by atoms with van der Waals surface area (Å²) >= 11 is 1.06. The molecule has 2 N–H and O–H groups in total. The number of hydrogen-bond donors (Lipinski definition) is 2. The van der Waals surface area contributed by atoms with Crippen LogP contribution in [-0.4, -0.2) is 66.5 Å². The molecule has 0 atom stereocenters. The second kappa shape index (κ2) is 5.64. The van der Waals surface area contributed by atoms with Crippen LogP contribution in [0.5, 0.6) is 0 Å². The predicted octanol–water partition coefficient (Wildman–Crippen LogP) is -0.450. The molecule has 0 aromatic carbocycles. The molecule has 0 aliphatic carbocycles. The molecule has 0 unspecified atom stereocenters. The van der Waals surface area contributed by atoms with Gasteiger partial charge in [0.1, 0.15) is 0 Å². The fraction of sp³-hybridized carbons (Fsp3) is 1.00. The molecule has 0 saturated heterocycles. The second-order valence-corrected chi connectivity index (χ2v) is 1.34. The SMILES string of the molecule is O=S(=O)(O)O.[CH3][K]. The van der Waals surface area contributed by atoms with E-state index in [-0.39, 0.29) is 0 Å². The molecule has 4 nitrogen and oxygen atoms in total. The summed E-state index contributed by atoms with van der Waals surface area (Å²) in [6, 6.07) is 0. The maximum absolute atomic E-state index is 8.74. The van der Waals surface area contributed by atoms with E-state index in [1.807, 2.05) is 0 Å². The molecule has 0 rings (SSSR count). The monoisotopic (exact) mass is 152 g/mol. The molecule has 40 valence electrons. The summed E-state index contributed by atoms with van der Waals surface area (Å²) in [6.07, 6.45) is 0. The molecule has 7 heavy (non-hydrogen) atoms. The van der Waals surface area contributed by atoms with Gasteiger partial charge in [0.05, 0.1) is 0 Å². The maximum atomic E-state index is 8.74. The Bertz CT molecular complexity index is 94.9. The van der Waals surface area contributed by atoms with Crippen molar-refractivity contribution in [2.45, 2.75) is 1.02 Å². The summed E-state index contributed by atoms with van der Waals surface area (Å²) in [7, 11) is -4.67. The molecular formula is CH5KO4S. The van der Waals surface area contributed by atoms with Crippen molar-refractivity contribution in [3.8, 4) is 0 Å². The van der Waals surface area contributed by atoms with E-state index in [1.165, 1.54) is 0 Å². The Hall–Kier alpha value is 1.51.